The first kappa shape index (κ1) is 20.5. The summed E-state index contributed by atoms with van der Waals surface area (Å²) in [7, 11) is 0. The fourth-order valence-electron chi connectivity index (χ4n) is 2.49. The molecule has 26 heavy (non-hydrogen) atoms. The number of rotatable bonds is 9. The van der Waals surface area contributed by atoms with Gasteiger partial charge in [0.05, 0.1) is 5.75 Å². The van der Waals surface area contributed by atoms with Gasteiger partial charge in [0, 0.05) is 18.0 Å². The summed E-state index contributed by atoms with van der Waals surface area (Å²) in [6.07, 6.45) is 1.61. The Kier molecular flexibility index (Phi) is 8.12. The molecular formula is C19H25N3O2S2. The maximum Gasteiger partial charge on any atom is 0.230 e. The molecule has 0 saturated heterocycles. The van der Waals surface area contributed by atoms with Gasteiger partial charge in [-0.05, 0) is 19.8 Å². The molecule has 7 heteroatoms. The lowest BCUT2D eigenvalue weighted by atomic mass is 10.0. The standard InChI is InChI=1S/C19H25N3O2S2/c1-4-13(5-2)17(24)22-18-16(14-10-8-7-9-11-14)21-19(26-18)25-12-15(23)20-6-3/h7-11,13H,4-6,12H2,1-3H3,(H,20,23)(H,22,24). The van der Waals surface area contributed by atoms with Gasteiger partial charge in [0.1, 0.15) is 10.7 Å². The van der Waals surface area contributed by atoms with E-state index in [2.05, 4.69) is 15.6 Å². The maximum atomic E-state index is 12.5. The van der Waals surface area contributed by atoms with E-state index in [0.717, 1.165) is 33.4 Å². The van der Waals surface area contributed by atoms with Crippen molar-refractivity contribution >= 4 is 39.9 Å². The summed E-state index contributed by atoms with van der Waals surface area (Å²) in [6, 6.07) is 9.79. The summed E-state index contributed by atoms with van der Waals surface area (Å²) in [6.45, 7) is 6.55. The molecule has 0 atom stereocenters. The minimum absolute atomic E-state index is 0.00726. The molecule has 2 rings (SSSR count). The Morgan fingerprint density at radius 1 is 1.15 bits per heavy atom. The summed E-state index contributed by atoms with van der Waals surface area (Å²) < 4.78 is 0.773. The molecule has 0 aliphatic heterocycles. The molecule has 0 fully saturated rings. The number of thiazole rings is 1. The van der Waals surface area contributed by atoms with Gasteiger partial charge in [-0.2, -0.15) is 0 Å². The van der Waals surface area contributed by atoms with Crippen molar-refractivity contribution in [2.75, 3.05) is 17.6 Å². The maximum absolute atomic E-state index is 12.5. The second kappa shape index (κ2) is 10.3. The molecule has 0 aliphatic carbocycles. The number of hydrogen-bond acceptors (Lipinski definition) is 5. The van der Waals surface area contributed by atoms with Crippen LogP contribution in [0.2, 0.25) is 0 Å². The largest absolute Gasteiger partial charge is 0.356 e. The molecule has 0 unspecified atom stereocenters. The van der Waals surface area contributed by atoms with Crippen LogP contribution in [0.1, 0.15) is 33.6 Å². The van der Waals surface area contributed by atoms with E-state index in [1.807, 2.05) is 51.1 Å². The second-order valence-electron chi connectivity index (χ2n) is 5.77. The Balaban J connectivity index is 2.23. The Labute approximate surface area is 163 Å². The van der Waals surface area contributed by atoms with Crippen LogP contribution >= 0.6 is 23.1 Å². The predicted molar refractivity (Wildman–Crippen MR) is 110 cm³/mol. The van der Waals surface area contributed by atoms with Crippen LogP contribution in [-0.4, -0.2) is 29.1 Å². The van der Waals surface area contributed by atoms with Gasteiger partial charge >= 0.3 is 0 Å². The molecule has 1 aromatic carbocycles. The molecule has 1 aromatic heterocycles. The average Bonchev–Trinajstić information content (AvgIpc) is 3.05. The molecule has 0 spiro atoms. The molecule has 140 valence electrons. The highest BCUT2D eigenvalue weighted by Crippen LogP contribution is 2.37. The van der Waals surface area contributed by atoms with Crippen molar-refractivity contribution in [1.29, 1.82) is 0 Å². The van der Waals surface area contributed by atoms with Crippen molar-refractivity contribution in [2.24, 2.45) is 5.92 Å². The SMILES string of the molecule is CCNC(=O)CSc1nc(-c2ccccc2)c(NC(=O)C(CC)CC)s1. The van der Waals surface area contributed by atoms with Gasteiger partial charge in [-0.3, -0.25) is 9.59 Å². The summed E-state index contributed by atoms with van der Waals surface area (Å²) in [5.74, 6) is 0.315. The first-order chi connectivity index (χ1) is 12.6. The first-order valence-corrected chi connectivity index (χ1v) is 10.7. The van der Waals surface area contributed by atoms with E-state index >= 15 is 0 Å². The molecule has 0 radical (unpaired) electrons. The Bertz CT molecular complexity index is 728. The van der Waals surface area contributed by atoms with Crippen molar-refractivity contribution in [3.8, 4) is 11.3 Å². The van der Waals surface area contributed by atoms with Gasteiger partial charge in [0.25, 0.3) is 0 Å². The smallest absolute Gasteiger partial charge is 0.230 e. The normalized spacial score (nSPS) is 10.8. The van der Waals surface area contributed by atoms with Crippen LogP contribution in [0.25, 0.3) is 11.3 Å². The van der Waals surface area contributed by atoms with E-state index in [4.69, 9.17) is 0 Å². The summed E-state index contributed by atoms with van der Waals surface area (Å²) >= 11 is 2.81. The van der Waals surface area contributed by atoms with E-state index in [-0.39, 0.29) is 17.7 Å². The number of benzene rings is 1. The fourth-order valence-corrected chi connectivity index (χ4v) is 4.39. The third-order valence-electron chi connectivity index (χ3n) is 3.95. The number of aromatic nitrogens is 1. The van der Waals surface area contributed by atoms with Gasteiger partial charge in [-0.1, -0.05) is 67.3 Å². The third-order valence-corrected chi connectivity index (χ3v) is 6.06. The summed E-state index contributed by atoms with van der Waals surface area (Å²) in [4.78, 5) is 28.9. The van der Waals surface area contributed by atoms with Crippen LogP contribution in [0.4, 0.5) is 5.00 Å². The topological polar surface area (TPSA) is 71.1 Å². The van der Waals surface area contributed by atoms with Crippen LogP contribution in [0, 0.1) is 5.92 Å². The number of hydrogen-bond donors (Lipinski definition) is 2. The van der Waals surface area contributed by atoms with E-state index in [1.165, 1.54) is 23.1 Å². The van der Waals surface area contributed by atoms with E-state index < -0.39 is 0 Å². The first-order valence-electron chi connectivity index (χ1n) is 8.85. The van der Waals surface area contributed by atoms with Crippen molar-refractivity contribution < 1.29 is 9.59 Å². The number of nitrogens with one attached hydrogen (secondary N) is 2. The molecule has 0 aliphatic rings. The highest BCUT2D eigenvalue weighted by atomic mass is 32.2. The molecule has 2 N–H and O–H groups in total. The molecular weight excluding hydrogens is 366 g/mol. The zero-order chi connectivity index (χ0) is 18.9. The number of carbonyl (C=O) groups is 2. The molecule has 2 aromatic rings. The second-order valence-corrected chi connectivity index (χ2v) is 7.99. The molecule has 5 nitrogen and oxygen atoms in total. The van der Waals surface area contributed by atoms with E-state index in [0.29, 0.717) is 12.3 Å². The van der Waals surface area contributed by atoms with Crippen molar-refractivity contribution in [2.45, 2.75) is 38.0 Å². The lowest BCUT2D eigenvalue weighted by Crippen LogP contribution is -2.24. The van der Waals surface area contributed by atoms with Crippen LogP contribution < -0.4 is 10.6 Å². The lowest BCUT2D eigenvalue weighted by molar-refractivity contribution is -0.120. The van der Waals surface area contributed by atoms with Gasteiger partial charge < -0.3 is 10.6 Å². The van der Waals surface area contributed by atoms with Crippen LogP contribution in [0.3, 0.4) is 0 Å². The van der Waals surface area contributed by atoms with E-state index in [1.54, 1.807) is 0 Å². The molecule has 2 amide bonds. The highest BCUT2D eigenvalue weighted by molar-refractivity contribution is 8.01. The summed E-state index contributed by atoms with van der Waals surface area (Å²) in [5.41, 5.74) is 1.71. The van der Waals surface area contributed by atoms with Gasteiger partial charge in [-0.25, -0.2) is 4.98 Å². The zero-order valence-corrected chi connectivity index (χ0v) is 17.0. The Hall–Kier alpha value is -1.86. The zero-order valence-electron chi connectivity index (χ0n) is 15.4. The number of anilines is 1. The Morgan fingerprint density at radius 2 is 1.85 bits per heavy atom. The number of amides is 2. The molecule has 0 saturated carbocycles. The molecule has 0 bridgehead atoms. The van der Waals surface area contributed by atoms with Crippen LogP contribution in [-0.2, 0) is 9.59 Å². The van der Waals surface area contributed by atoms with Crippen LogP contribution in [0.5, 0.6) is 0 Å². The fraction of sp³-hybridized carbons (Fsp3) is 0.421. The van der Waals surface area contributed by atoms with Gasteiger partial charge in [-0.15, -0.1) is 0 Å². The monoisotopic (exact) mass is 391 g/mol. The van der Waals surface area contributed by atoms with Crippen molar-refractivity contribution in [1.82, 2.24) is 10.3 Å². The van der Waals surface area contributed by atoms with Crippen molar-refractivity contribution in [3.05, 3.63) is 30.3 Å². The lowest BCUT2D eigenvalue weighted by Gasteiger charge is -2.12. The minimum atomic E-state index is -0.0171. The van der Waals surface area contributed by atoms with E-state index in [9.17, 15) is 9.59 Å². The third kappa shape index (κ3) is 5.57. The number of thioether (sulfide) groups is 1. The summed E-state index contributed by atoms with van der Waals surface area (Å²) in [5, 5.41) is 6.57. The highest BCUT2D eigenvalue weighted by Gasteiger charge is 2.20. The number of nitrogens with zero attached hydrogens (tertiary/aromatic N) is 1. The predicted octanol–water partition coefficient (Wildman–Crippen LogP) is 4.41. The van der Waals surface area contributed by atoms with Crippen molar-refractivity contribution in [3.63, 3.8) is 0 Å². The average molecular weight is 392 g/mol. The van der Waals surface area contributed by atoms with Crippen LogP contribution in [0.15, 0.2) is 34.7 Å². The number of carbonyl (C=O) groups excluding carboxylic acids is 2. The van der Waals surface area contributed by atoms with Gasteiger partial charge in [0.15, 0.2) is 4.34 Å². The minimum Gasteiger partial charge on any atom is -0.356 e. The quantitative estimate of drug-likeness (QED) is 0.621. The van der Waals surface area contributed by atoms with Gasteiger partial charge in [0.2, 0.25) is 11.8 Å². The molecule has 1 heterocycles. The Morgan fingerprint density at radius 3 is 2.46 bits per heavy atom.